The molecule has 8 heteroatoms. The van der Waals surface area contributed by atoms with Crippen LogP contribution < -0.4 is 5.32 Å². The van der Waals surface area contributed by atoms with Crippen LogP contribution in [0.4, 0.5) is 10.1 Å². The number of hydrogen-bond donors (Lipinski definition) is 2. The van der Waals surface area contributed by atoms with Crippen molar-refractivity contribution >= 4 is 23.4 Å². The summed E-state index contributed by atoms with van der Waals surface area (Å²) in [7, 11) is 0. The second-order valence-electron chi connectivity index (χ2n) is 4.53. The van der Waals surface area contributed by atoms with Crippen LogP contribution in [0.25, 0.3) is 11.5 Å². The van der Waals surface area contributed by atoms with Crippen molar-refractivity contribution < 1.29 is 9.18 Å². The highest BCUT2D eigenvalue weighted by Gasteiger charge is 2.10. The third kappa shape index (κ3) is 4.13. The number of halogens is 1. The molecule has 6 nitrogen and oxygen atoms in total. The van der Waals surface area contributed by atoms with Gasteiger partial charge >= 0.3 is 0 Å². The molecule has 2 aromatic heterocycles. The zero-order chi connectivity index (χ0) is 16.1. The summed E-state index contributed by atoms with van der Waals surface area (Å²) in [5.74, 6) is -0.0299. The normalized spacial score (nSPS) is 10.5. The van der Waals surface area contributed by atoms with Gasteiger partial charge in [-0.15, -0.1) is 5.10 Å². The number of amides is 1. The van der Waals surface area contributed by atoms with Gasteiger partial charge in [0.2, 0.25) is 11.1 Å². The average molecular weight is 329 g/mol. The Hall–Kier alpha value is -2.74. The number of rotatable bonds is 5. The number of pyridine rings is 1. The zero-order valence-electron chi connectivity index (χ0n) is 11.9. The summed E-state index contributed by atoms with van der Waals surface area (Å²) >= 11 is 1.18. The number of thioether (sulfide) groups is 1. The van der Waals surface area contributed by atoms with Crippen LogP contribution in [0.1, 0.15) is 0 Å². The Morgan fingerprint density at radius 1 is 1.26 bits per heavy atom. The molecule has 0 saturated heterocycles. The van der Waals surface area contributed by atoms with E-state index in [2.05, 4.69) is 25.5 Å². The Morgan fingerprint density at radius 2 is 2.09 bits per heavy atom. The molecule has 0 fully saturated rings. The molecule has 2 heterocycles. The van der Waals surface area contributed by atoms with Gasteiger partial charge in [0.15, 0.2) is 5.82 Å². The Morgan fingerprint density at radius 3 is 2.87 bits per heavy atom. The highest BCUT2D eigenvalue weighted by Crippen LogP contribution is 2.18. The topological polar surface area (TPSA) is 83.6 Å². The van der Waals surface area contributed by atoms with Crippen molar-refractivity contribution in [1.29, 1.82) is 0 Å². The molecule has 0 bridgehead atoms. The van der Waals surface area contributed by atoms with E-state index in [1.807, 2.05) is 30.3 Å². The van der Waals surface area contributed by atoms with Crippen molar-refractivity contribution in [3.63, 3.8) is 0 Å². The highest BCUT2D eigenvalue weighted by molar-refractivity contribution is 7.99. The first kappa shape index (κ1) is 15.2. The number of H-pyrrole nitrogens is 1. The fraction of sp³-hybridized carbons (Fsp3) is 0.0667. The Labute approximate surface area is 135 Å². The lowest BCUT2D eigenvalue weighted by molar-refractivity contribution is -0.113. The minimum atomic E-state index is -0.400. The van der Waals surface area contributed by atoms with E-state index in [0.717, 1.165) is 5.69 Å². The quantitative estimate of drug-likeness (QED) is 0.703. The summed E-state index contributed by atoms with van der Waals surface area (Å²) < 4.78 is 13.2. The third-order valence-electron chi connectivity index (χ3n) is 2.82. The van der Waals surface area contributed by atoms with Crippen LogP contribution in [0, 0.1) is 5.82 Å². The maximum Gasteiger partial charge on any atom is 0.234 e. The molecular weight excluding hydrogens is 317 g/mol. The Bertz CT molecular complexity index is 808. The van der Waals surface area contributed by atoms with Crippen LogP contribution in [0.2, 0.25) is 0 Å². The first-order chi connectivity index (χ1) is 11.2. The molecular formula is C15H12FN5OS. The van der Waals surface area contributed by atoms with E-state index in [1.165, 1.54) is 30.1 Å². The molecule has 23 heavy (non-hydrogen) atoms. The van der Waals surface area contributed by atoms with Crippen LogP contribution in [-0.2, 0) is 4.79 Å². The van der Waals surface area contributed by atoms with Crippen molar-refractivity contribution in [2.45, 2.75) is 5.16 Å². The number of anilines is 1. The van der Waals surface area contributed by atoms with Gasteiger partial charge in [-0.2, -0.15) is 4.98 Å². The zero-order valence-corrected chi connectivity index (χ0v) is 12.7. The van der Waals surface area contributed by atoms with Crippen LogP contribution in [0.3, 0.4) is 0 Å². The van der Waals surface area contributed by atoms with Gasteiger partial charge in [-0.1, -0.05) is 30.0 Å². The van der Waals surface area contributed by atoms with Crippen LogP contribution in [0.5, 0.6) is 0 Å². The van der Waals surface area contributed by atoms with Gasteiger partial charge < -0.3 is 5.32 Å². The molecule has 1 aromatic carbocycles. The van der Waals surface area contributed by atoms with E-state index < -0.39 is 5.82 Å². The average Bonchev–Trinajstić information content (AvgIpc) is 3.03. The van der Waals surface area contributed by atoms with E-state index >= 15 is 0 Å². The molecule has 0 aliphatic carbocycles. The Balaban J connectivity index is 1.58. The molecule has 3 rings (SSSR count). The van der Waals surface area contributed by atoms with E-state index in [1.54, 1.807) is 0 Å². The van der Waals surface area contributed by atoms with Gasteiger partial charge in [0.1, 0.15) is 11.5 Å². The number of aromatic nitrogens is 4. The van der Waals surface area contributed by atoms with Gasteiger partial charge in [-0.3, -0.25) is 14.9 Å². The predicted molar refractivity (Wildman–Crippen MR) is 85.4 cm³/mol. The molecule has 0 radical (unpaired) electrons. The molecule has 0 spiro atoms. The molecule has 0 aliphatic heterocycles. The van der Waals surface area contributed by atoms with Gasteiger partial charge in [0, 0.05) is 18.0 Å². The maximum absolute atomic E-state index is 13.2. The lowest BCUT2D eigenvalue weighted by Gasteiger charge is -2.02. The lowest BCUT2D eigenvalue weighted by Crippen LogP contribution is -2.13. The van der Waals surface area contributed by atoms with Crippen molar-refractivity contribution in [3.05, 3.63) is 54.5 Å². The fourth-order valence-electron chi connectivity index (χ4n) is 1.81. The van der Waals surface area contributed by atoms with Crippen molar-refractivity contribution in [3.8, 4) is 11.5 Å². The SMILES string of the molecule is O=C(CSc1n[nH]c(-c2cc(F)ccn2)n1)Nc1ccccc1. The molecule has 0 aliphatic rings. The number of para-hydroxylation sites is 1. The smallest absolute Gasteiger partial charge is 0.234 e. The predicted octanol–water partition coefficient (Wildman–Crippen LogP) is 2.74. The fourth-order valence-corrected chi connectivity index (χ4v) is 2.41. The van der Waals surface area contributed by atoms with Gasteiger partial charge in [0.05, 0.1) is 5.75 Å². The van der Waals surface area contributed by atoms with Crippen LogP contribution >= 0.6 is 11.8 Å². The first-order valence-corrected chi connectivity index (χ1v) is 7.71. The number of nitrogens with one attached hydrogen (secondary N) is 2. The molecule has 0 unspecified atom stereocenters. The van der Waals surface area contributed by atoms with E-state index in [0.29, 0.717) is 16.7 Å². The Kier molecular flexibility index (Phi) is 4.62. The monoisotopic (exact) mass is 329 g/mol. The van der Waals surface area contributed by atoms with E-state index in [9.17, 15) is 9.18 Å². The number of benzene rings is 1. The molecule has 1 amide bonds. The van der Waals surface area contributed by atoms with Crippen molar-refractivity contribution in [2.75, 3.05) is 11.1 Å². The maximum atomic E-state index is 13.2. The molecule has 3 aromatic rings. The number of carbonyl (C=O) groups excluding carboxylic acids is 1. The highest BCUT2D eigenvalue weighted by atomic mass is 32.2. The molecule has 116 valence electrons. The van der Waals surface area contributed by atoms with Gasteiger partial charge in [-0.25, -0.2) is 4.39 Å². The van der Waals surface area contributed by atoms with Gasteiger partial charge in [0.25, 0.3) is 0 Å². The minimum Gasteiger partial charge on any atom is -0.325 e. The van der Waals surface area contributed by atoms with Crippen LogP contribution in [0.15, 0.2) is 53.8 Å². The van der Waals surface area contributed by atoms with E-state index in [4.69, 9.17) is 0 Å². The summed E-state index contributed by atoms with van der Waals surface area (Å²) in [6, 6.07) is 11.7. The second kappa shape index (κ2) is 7.01. The summed E-state index contributed by atoms with van der Waals surface area (Å²) in [6.07, 6.45) is 1.35. The van der Waals surface area contributed by atoms with Gasteiger partial charge in [-0.05, 0) is 18.2 Å². The first-order valence-electron chi connectivity index (χ1n) is 6.73. The molecule has 0 saturated carbocycles. The summed E-state index contributed by atoms with van der Waals surface area (Å²) in [5.41, 5.74) is 1.09. The van der Waals surface area contributed by atoms with Crippen molar-refractivity contribution in [1.82, 2.24) is 20.2 Å². The number of aromatic amines is 1. The van der Waals surface area contributed by atoms with Crippen molar-refractivity contribution in [2.24, 2.45) is 0 Å². The second-order valence-corrected chi connectivity index (χ2v) is 5.47. The minimum absolute atomic E-state index is 0.156. The standard InChI is InChI=1S/C15H12FN5OS/c16-10-6-7-17-12(8-10)14-19-15(21-20-14)23-9-13(22)18-11-4-2-1-3-5-11/h1-8H,9H2,(H,18,22)(H,19,20,21). The largest absolute Gasteiger partial charge is 0.325 e. The summed E-state index contributed by atoms with van der Waals surface area (Å²) in [4.78, 5) is 20.0. The number of nitrogens with zero attached hydrogens (tertiary/aromatic N) is 3. The van der Waals surface area contributed by atoms with E-state index in [-0.39, 0.29) is 11.7 Å². The molecule has 0 atom stereocenters. The lowest BCUT2D eigenvalue weighted by atomic mass is 10.3. The summed E-state index contributed by atoms with van der Waals surface area (Å²) in [5, 5.41) is 9.83. The van der Waals surface area contributed by atoms with Crippen LogP contribution in [-0.4, -0.2) is 31.8 Å². The number of carbonyl (C=O) groups is 1. The third-order valence-corrected chi connectivity index (χ3v) is 3.67. The molecule has 2 N–H and O–H groups in total. The summed E-state index contributed by atoms with van der Waals surface area (Å²) in [6.45, 7) is 0. The number of hydrogen-bond acceptors (Lipinski definition) is 5.